The molecule has 0 spiro atoms. The molecule has 1 aliphatic rings. The molecule has 128 valence electrons. The van der Waals surface area contributed by atoms with Gasteiger partial charge in [-0.3, -0.25) is 4.79 Å². The Morgan fingerprint density at radius 1 is 1.08 bits per heavy atom. The molecule has 1 fully saturated rings. The van der Waals surface area contributed by atoms with Gasteiger partial charge in [0.1, 0.15) is 12.0 Å². The molecule has 0 unspecified atom stereocenters. The standard InChI is InChI=1S/C18H16F3IO2/c19-18(20,21)13-3-5-14(6-4-13)24-16-8-2-12-9-11(10-23)1-7-15(12)17(16)22/h1-2,7-10,13-14H,3-6H2/t13-,14+. The third kappa shape index (κ3) is 3.68. The first-order valence-corrected chi connectivity index (χ1v) is 8.87. The van der Waals surface area contributed by atoms with Gasteiger partial charge in [0.15, 0.2) is 0 Å². The summed E-state index contributed by atoms with van der Waals surface area (Å²) < 4.78 is 45.1. The van der Waals surface area contributed by atoms with Crippen LogP contribution < -0.4 is 4.74 Å². The van der Waals surface area contributed by atoms with Crippen LogP contribution >= 0.6 is 22.6 Å². The Kier molecular flexibility index (Phi) is 5.03. The molecule has 6 heteroatoms. The molecule has 1 saturated carbocycles. The molecule has 3 rings (SSSR count). The van der Waals surface area contributed by atoms with Gasteiger partial charge in [-0.25, -0.2) is 0 Å². The van der Waals surface area contributed by atoms with Crippen LogP contribution in [0.15, 0.2) is 30.3 Å². The molecular formula is C18H16F3IO2. The van der Waals surface area contributed by atoms with Crippen molar-refractivity contribution in [1.29, 1.82) is 0 Å². The second-order valence-electron chi connectivity index (χ2n) is 6.11. The number of fused-ring (bicyclic) bond motifs is 1. The molecule has 0 saturated heterocycles. The summed E-state index contributed by atoms with van der Waals surface area (Å²) in [5.41, 5.74) is 0.609. The van der Waals surface area contributed by atoms with Crippen LogP contribution in [0.3, 0.4) is 0 Å². The fourth-order valence-electron chi connectivity index (χ4n) is 3.14. The predicted octanol–water partition coefficient (Wildman–Crippen LogP) is 5.76. The third-order valence-corrected chi connectivity index (χ3v) is 5.62. The first kappa shape index (κ1) is 17.5. The van der Waals surface area contributed by atoms with Gasteiger partial charge in [-0.05, 0) is 71.2 Å². The third-order valence-electron chi connectivity index (χ3n) is 4.51. The zero-order chi connectivity index (χ0) is 17.3. The van der Waals surface area contributed by atoms with Gasteiger partial charge in [0.25, 0.3) is 0 Å². The Balaban J connectivity index is 1.74. The van der Waals surface area contributed by atoms with E-state index in [0.29, 0.717) is 24.2 Å². The van der Waals surface area contributed by atoms with E-state index in [0.717, 1.165) is 20.6 Å². The summed E-state index contributed by atoms with van der Waals surface area (Å²) >= 11 is 2.18. The molecule has 0 heterocycles. The Hall–Kier alpha value is -1.31. The van der Waals surface area contributed by atoms with Gasteiger partial charge >= 0.3 is 6.18 Å². The van der Waals surface area contributed by atoms with E-state index in [2.05, 4.69) is 22.6 Å². The van der Waals surface area contributed by atoms with Crippen LogP contribution in [0.1, 0.15) is 36.0 Å². The average Bonchev–Trinajstić information content (AvgIpc) is 2.57. The van der Waals surface area contributed by atoms with Gasteiger partial charge < -0.3 is 4.74 Å². The summed E-state index contributed by atoms with van der Waals surface area (Å²) in [5.74, 6) is -0.507. The lowest BCUT2D eigenvalue weighted by atomic mass is 9.87. The zero-order valence-electron chi connectivity index (χ0n) is 12.8. The fourth-order valence-corrected chi connectivity index (χ4v) is 3.94. The largest absolute Gasteiger partial charge is 0.489 e. The van der Waals surface area contributed by atoms with Gasteiger partial charge in [-0.15, -0.1) is 0 Å². The molecule has 2 nitrogen and oxygen atoms in total. The maximum Gasteiger partial charge on any atom is 0.391 e. The van der Waals surface area contributed by atoms with E-state index < -0.39 is 12.1 Å². The van der Waals surface area contributed by atoms with E-state index in [4.69, 9.17) is 4.74 Å². The number of rotatable bonds is 3. The quantitative estimate of drug-likeness (QED) is 0.441. The number of alkyl halides is 3. The van der Waals surface area contributed by atoms with E-state index in [1.165, 1.54) is 0 Å². The molecule has 2 aromatic carbocycles. The van der Waals surface area contributed by atoms with Crippen LogP contribution in [-0.4, -0.2) is 18.6 Å². The topological polar surface area (TPSA) is 26.3 Å². The van der Waals surface area contributed by atoms with Crippen molar-refractivity contribution in [2.24, 2.45) is 5.92 Å². The van der Waals surface area contributed by atoms with E-state index in [1.807, 2.05) is 24.3 Å². The summed E-state index contributed by atoms with van der Waals surface area (Å²) in [5, 5.41) is 1.92. The maximum absolute atomic E-state index is 12.7. The Morgan fingerprint density at radius 3 is 2.42 bits per heavy atom. The highest BCUT2D eigenvalue weighted by Gasteiger charge is 2.41. The molecule has 0 N–H and O–H groups in total. The lowest BCUT2D eigenvalue weighted by Gasteiger charge is -2.30. The van der Waals surface area contributed by atoms with Crippen molar-refractivity contribution < 1.29 is 22.7 Å². The molecule has 0 radical (unpaired) electrons. The van der Waals surface area contributed by atoms with Crippen molar-refractivity contribution in [2.45, 2.75) is 38.0 Å². The molecule has 0 aliphatic heterocycles. The van der Waals surface area contributed by atoms with Crippen molar-refractivity contribution in [3.8, 4) is 5.75 Å². The van der Waals surface area contributed by atoms with Gasteiger partial charge in [0.05, 0.1) is 15.6 Å². The van der Waals surface area contributed by atoms with Crippen LogP contribution in [0.5, 0.6) is 5.75 Å². The first-order valence-electron chi connectivity index (χ1n) is 7.79. The summed E-state index contributed by atoms with van der Waals surface area (Å²) in [6.45, 7) is 0. The number of aldehydes is 1. The van der Waals surface area contributed by atoms with Gasteiger partial charge in [0.2, 0.25) is 0 Å². The minimum Gasteiger partial charge on any atom is -0.489 e. The highest BCUT2D eigenvalue weighted by molar-refractivity contribution is 14.1. The summed E-state index contributed by atoms with van der Waals surface area (Å²) in [4.78, 5) is 10.9. The van der Waals surface area contributed by atoms with E-state index in [9.17, 15) is 18.0 Å². The number of carbonyl (C=O) groups is 1. The lowest BCUT2D eigenvalue weighted by molar-refractivity contribution is -0.185. The Bertz CT molecular complexity index is 750. The smallest absolute Gasteiger partial charge is 0.391 e. The Morgan fingerprint density at radius 2 is 1.79 bits per heavy atom. The summed E-state index contributed by atoms with van der Waals surface area (Å²) in [6.07, 6.45) is -2.38. The van der Waals surface area contributed by atoms with Crippen molar-refractivity contribution in [3.63, 3.8) is 0 Å². The van der Waals surface area contributed by atoms with Crippen molar-refractivity contribution in [2.75, 3.05) is 0 Å². The second kappa shape index (κ2) is 6.90. The van der Waals surface area contributed by atoms with Crippen LogP contribution in [0, 0.1) is 9.49 Å². The van der Waals surface area contributed by atoms with Crippen molar-refractivity contribution >= 4 is 39.6 Å². The highest BCUT2D eigenvalue weighted by Crippen LogP contribution is 2.39. The number of ether oxygens (including phenoxy) is 1. The number of hydrogen-bond donors (Lipinski definition) is 0. The fraction of sp³-hybridized carbons (Fsp3) is 0.389. The molecule has 0 bridgehead atoms. The van der Waals surface area contributed by atoms with E-state index in [-0.39, 0.29) is 18.9 Å². The van der Waals surface area contributed by atoms with Crippen LogP contribution in [0.25, 0.3) is 10.8 Å². The number of carbonyl (C=O) groups excluding carboxylic acids is 1. The number of benzene rings is 2. The second-order valence-corrected chi connectivity index (χ2v) is 7.19. The number of halogens is 4. The summed E-state index contributed by atoms with van der Waals surface area (Å²) in [6, 6.07) is 9.13. The van der Waals surface area contributed by atoms with Crippen molar-refractivity contribution in [1.82, 2.24) is 0 Å². The minimum absolute atomic E-state index is 0.126. The SMILES string of the molecule is O=Cc1ccc2c(I)c(O[C@H]3CC[C@@H](C(F)(F)F)CC3)ccc2c1. The van der Waals surface area contributed by atoms with Gasteiger partial charge in [0, 0.05) is 5.56 Å². The highest BCUT2D eigenvalue weighted by atomic mass is 127. The zero-order valence-corrected chi connectivity index (χ0v) is 14.9. The summed E-state index contributed by atoms with van der Waals surface area (Å²) in [7, 11) is 0. The predicted molar refractivity (Wildman–Crippen MR) is 94.5 cm³/mol. The van der Waals surface area contributed by atoms with Crippen LogP contribution in [0.2, 0.25) is 0 Å². The monoisotopic (exact) mass is 448 g/mol. The molecule has 0 amide bonds. The van der Waals surface area contributed by atoms with Crippen LogP contribution in [-0.2, 0) is 0 Å². The van der Waals surface area contributed by atoms with E-state index in [1.54, 1.807) is 6.07 Å². The average molecular weight is 448 g/mol. The van der Waals surface area contributed by atoms with Gasteiger partial charge in [-0.1, -0.05) is 18.2 Å². The molecule has 2 aromatic rings. The Labute approximate surface area is 151 Å². The molecule has 0 aromatic heterocycles. The van der Waals surface area contributed by atoms with Gasteiger partial charge in [-0.2, -0.15) is 13.2 Å². The normalized spacial score (nSPS) is 21.7. The molecule has 0 atom stereocenters. The van der Waals surface area contributed by atoms with Crippen molar-refractivity contribution in [3.05, 3.63) is 39.5 Å². The molecule has 24 heavy (non-hydrogen) atoms. The lowest BCUT2D eigenvalue weighted by Crippen LogP contribution is -2.32. The molecule has 1 aliphatic carbocycles. The number of hydrogen-bond acceptors (Lipinski definition) is 2. The molecular weight excluding hydrogens is 432 g/mol. The van der Waals surface area contributed by atoms with Crippen LogP contribution in [0.4, 0.5) is 13.2 Å². The maximum atomic E-state index is 12.7. The van der Waals surface area contributed by atoms with E-state index >= 15 is 0 Å². The first-order chi connectivity index (χ1) is 11.4. The minimum atomic E-state index is -4.10.